The maximum Gasteiger partial charge on any atom is 0.336 e. The third-order valence-electron chi connectivity index (χ3n) is 9.13. The standard InChI is InChI=1S/C28H44N4O7S/c29-32-30-19-21-7-4-5-10-24(21)25-28(27(34)35,15-18-40(36,37)23-8-2-1-3-9-23)31-26(39-25)20-11-13-22(14-12-20)38-17-6-16-33/h20,22-23,25,33H,1-19H2,(H-,34,35,36,37)/t20?,22?,25-,28-/m1/s1. The molecule has 0 aromatic rings. The van der Waals surface area contributed by atoms with E-state index in [2.05, 4.69) is 10.0 Å². The summed E-state index contributed by atoms with van der Waals surface area (Å²) in [5, 5.41) is 23.0. The minimum Gasteiger partial charge on any atom is -0.615 e. The van der Waals surface area contributed by atoms with Gasteiger partial charge in [0, 0.05) is 47.2 Å². The predicted octanol–water partition coefficient (Wildman–Crippen LogP) is 5.10. The fourth-order valence-corrected chi connectivity index (χ4v) is 8.77. The number of aliphatic hydroxyl groups excluding tert-OH is 1. The molecule has 1 heterocycles. The Morgan fingerprint density at radius 3 is 2.55 bits per heavy atom. The minimum atomic E-state index is -3.49. The lowest BCUT2D eigenvalue weighted by atomic mass is 9.79. The lowest BCUT2D eigenvalue weighted by Gasteiger charge is -2.34. The van der Waals surface area contributed by atoms with Gasteiger partial charge < -0.3 is 24.2 Å². The van der Waals surface area contributed by atoms with Crippen molar-refractivity contribution in [2.75, 3.05) is 25.5 Å². The molecule has 2 fully saturated rings. The number of azide groups is 1. The Hall–Kier alpha value is -1.98. The van der Waals surface area contributed by atoms with Gasteiger partial charge in [-0.1, -0.05) is 17.1 Å². The topological polar surface area (TPSA) is 177 Å². The number of hydrogen-bond donors (Lipinski definition) is 2. The Morgan fingerprint density at radius 1 is 1.15 bits per heavy atom. The van der Waals surface area contributed by atoms with Gasteiger partial charge >= 0.3 is 5.97 Å². The molecule has 3 atom stereocenters. The molecule has 0 saturated heterocycles. The number of aliphatic hydroxyl groups is 1. The van der Waals surface area contributed by atoms with E-state index in [-0.39, 0.29) is 37.3 Å². The molecule has 3 aliphatic carbocycles. The summed E-state index contributed by atoms with van der Waals surface area (Å²) < 4.78 is 39.0. The number of carboxylic acids is 1. The van der Waals surface area contributed by atoms with Crippen molar-refractivity contribution >= 4 is 22.1 Å². The molecule has 0 aromatic heterocycles. The molecule has 1 aliphatic heterocycles. The zero-order valence-electron chi connectivity index (χ0n) is 23.4. The summed E-state index contributed by atoms with van der Waals surface area (Å²) in [6.45, 7) is 0.741. The molecule has 4 rings (SSSR count). The van der Waals surface area contributed by atoms with Crippen LogP contribution in [0.1, 0.15) is 96.3 Å². The molecular weight excluding hydrogens is 536 g/mol. The van der Waals surface area contributed by atoms with Crippen molar-refractivity contribution in [2.45, 2.75) is 119 Å². The van der Waals surface area contributed by atoms with E-state index in [1.807, 2.05) is 0 Å². The summed E-state index contributed by atoms with van der Waals surface area (Å²) in [7, 11) is -3.49. The van der Waals surface area contributed by atoms with Crippen LogP contribution in [0.3, 0.4) is 0 Å². The molecule has 0 bridgehead atoms. The van der Waals surface area contributed by atoms with E-state index >= 15 is 0 Å². The number of carboxylic acid groups (broad SMARTS) is 1. The summed E-state index contributed by atoms with van der Waals surface area (Å²) in [5.74, 6) is -1.09. The fraction of sp³-hybridized carbons (Fsp3) is 0.857. The average molecular weight is 581 g/mol. The molecule has 0 aromatic carbocycles. The van der Waals surface area contributed by atoms with Crippen molar-refractivity contribution in [3.05, 3.63) is 21.6 Å². The lowest BCUT2D eigenvalue weighted by molar-refractivity contribution is -0.145. The average Bonchev–Trinajstić information content (AvgIpc) is 3.37. The van der Waals surface area contributed by atoms with Crippen LogP contribution in [-0.2, 0) is 28.7 Å². The van der Waals surface area contributed by atoms with E-state index in [1.54, 1.807) is 0 Å². The molecule has 0 spiro atoms. The summed E-state index contributed by atoms with van der Waals surface area (Å²) in [6, 6.07) is 0. The second-order valence-electron chi connectivity index (χ2n) is 11.7. The minimum absolute atomic E-state index is 0.0684. The van der Waals surface area contributed by atoms with Gasteiger partial charge in [-0.3, -0.25) is 0 Å². The van der Waals surface area contributed by atoms with Gasteiger partial charge in [0.15, 0.2) is 12.0 Å². The fourth-order valence-electron chi connectivity index (χ4n) is 6.79. The smallest absolute Gasteiger partial charge is 0.336 e. The number of sulfone groups is 1. The van der Waals surface area contributed by atoms with Gasteiger partial charge in [-0.2, -0.15) is 0 Å². The number of hydrogen-bond acceptors (Lipinski definition) is 8. The van der Waals surface area contributed by atoms with E-state index in [0.717, 1.165) is 68.9 Å². The monoisotopic (exact) mass is 580 g/mol. The zero-order chi connectivity index (χ0) is 28.6. The van der Waals surface area contributed by atoms with Crippen molar-refractivity contribution in [3.63, 3.8) is 0 Å². The van der Waals surface area contributed by atoms with Gasteiger partial charge in [-0.15, -0.1) is 4.21 Å². The molecular formula is C28H44N4O7S. The Labute approximate surface area is 237 Å². The highest BCUT2D eigenvalue weighted by atomic mass is 32.3. The lowest BCUT2D eigenvalue weighted by Crippen LogP contribution is -2.49. The molecule has 224 valence electrons. The second kappa shape index (κ2) is 14.3. The third-order valence-corrected chi connectivity index (χ3v) is 11.4. The van der Waals surface area contributed by atoms with Crippen LogP contribution in [0.5, 0.6) is 0 Å². The van der Waals surface area contributed by atoms with Crippen LogP contribution in [0.15, 0.2) is 21.3 Å². The Kier molecular flexibility index (Phi) is 11.0. The highest BCUT2D eigenvalue weighted by Crippen LogP contribution is 2.44. The highest BCUT2D eigenvalue weighted by Gasteiger charge is 2.56. The quantitative estimate of drug-likeness (QED) is 0.0760. The summed E-state index contributed by atoms with van der Waals surface area (Å²) in [5.41, 5.74) is 8.88. The van der Waals surface area contributed by atoms with Gasteiger partial charge in [0.1, 0.15) is 11.0 Å². The molecule has 40 heavy (non-hydrogen) atoms. The normalized spacial score (nSPS) is 31.1. The number of carbonyl (C=O) groups is 1. The highest BCUT2D eigenvalue weighted by molar-refractivity contribution is 7.98. The first-order chi connectivity index (χ1) is 19.3. The molecule has 11 nitrogen and oxygen atoms in total. The molecule has 1 unspecified atom stereocenters. The first-order valence-electron chi connectivity index (χ1n) is 15.0. The van der Waals surface area contributed by atoms with E-state index in [0.29, 0.717) is 44.6 Å². The number of rotatable bonds is 13. The van der Waals surface area contributed by atoms with Gasteiger partial charge in [-0.25, -0.2) is 9.79 Å². The number of aliphatic imine (C=N–C) groups is 1. The van der Waals surface area contributed by atoms with Gasteiger partial charge in [-0.05, 0) is 94.6 Å². The van der Waals surface area contributed by atoms with Crippen LogP contribution in [-0.4, -0.2) is 75.1 Å². The van der Waals surface area contributed by atoms with Crippen LogP contribution >= 0.6 is 0 Å². The van der Waals surface area contributed by atoms with Crippen molar-refractivity contribution in [3.8, 4) is 0 Å². The zero-order valence-corrected chi connectivity index (χ0v) is 24.2. The molecule has 0 radical (unpaired) electrons. The van der Waals surface area contributed by atoms with E-state index in [9.17, 15) is 18.7 Å². The van der Waals surface area contributed by atoms with Gasteiger partial charge in [0.05, 0.1) is 6.10 Å². The number of aliphatic carboxylic acids is 1. The van der Waals surface area contributed by atoms with Crippen LogP contribution < -0.4 is 0 Å². The molecule has 4 aliphatic rings. The molecule has 12 heteroatoms. The van der Waals surface area contributed by atoms with Crippen LogP contribution in [0.4, 0.5) is 0 Å². The van der Waals surface area contributed by atoms with Crippen molar-refractivity contribution < 1.29 is 33.2 Å². The molecule has 0 amide bonds. The Bertz CT molecular complexity index is 1050. The van der Waals surface area contributed by atoms with E-state index in [4.69, 9.17) is 25.1 Å². The SMILES string of the molecule is [N-]=[N+]=NCC1=C([C@H]2OC(C3CCC(OCCCO)CC3)=N[C@@]2(CC[S+](=O)([O-])C2CCCCC2)C(=O)O)CCCC1. The van der Waals surface area contributed by atoms with Crippen molar-refractivity contribution in [1.29, 1.82) is 0 Å². The summed E-state index contributed by atoms with van der Waals surface area (Å²) >= 11 is 0. The van der Waals surface area contributed by atoms with Crippen LogP contribution in [0, 0.1) is 5.92 Å². The first-order valence-corrected chi connectivity index (χ1v) is 16.7. The largest absolute Gasteiger partial charge is 0.615 e. The van der Waals surface area contributed by atoms with Crippen molar-refractivity contribution in [2.24, 2.45) is 16.0 Å². The Morgan fingerprint density at radius 2 is 1.88 bits per heavy atom. The van der Waals surface area contributed by atoms with Gasteiger partial charge in [0.25, 0.3) is 0 Å². The predicted molar refractivity (Wildman–Crippen MR) is 151 cm³/mol. The number of nitrogens with zero attached hydrogens (tertiary/aromatic N) is 4. The maximum absolute atomic E-state index is 13.3. The summed E-state index contributed by atoms with van der Waals surface area (Å²) in [4.78, 5) is 20.8. The third kappa shape index (κ3) is 7.26. The molecule has 2 N–H and O–H groups in total. The van der Waals surface area contributed by atoms with E-state index in [1.165, 1.54) is 0 Å². The van der Waals surface area contributed by atoms with Gasteiger partial charge in [0.2, 0.25) is 5.54 Å². The maximum atomic E-state index is 13.3. The summed E-state index contributed by atoms with van der Waals surface area (Å²) in [6.07, 6.45) is 9.77. The second-order valence-corrected chi connectivity index (χ2v) is 14.1. The first kappa shape index (κ1) is 31.0. The van der Waals surface area contributed by atoms with Crippen LogP contribution in [0.2, 0.25) is 0 Å². The van der Waals surface area contributed by atoms with Crippen LogP contribution in [0.25, 0.3) is 10.4 Å². The number of ether oxygens (including phenoxy) is 2. The van der Waals surface area contributed by atoms with Crippen molar-refractivity contribution in [1.82, 2.24) is 0 Å². The Balaban J connectivity index is 1.61. The molecule has 2 saturated carbocycles. The van der Waals surface area contributed by atoms with E-state index < -0.39 is 33.1 Å².